The van der Waals surface area contributed by atoms with Gasteiger partial charge in [-0.3, -0.25) is 0 Å². The Morgan fingerprint density at radius 1 is 1.12 bits per heavy atom. The summed E-state index contributed by atoms with van der Waals surface area (Å²) in [5.74, 6) is 0.938. The summed E-state index contributed by atoms with van der Waals surface area (Å²) in [6.07, 6.45) is 6.02. The van der Waals surface area contributed by atoms with Crippen LogP contribution in [0.1, 0.15) is 32.1 Å². The summed E-state index contributed by atoms with van der Waals surface area (Å²) in [5, 5.41) is 10.4. The second-order valence-electron chi connectivity index (χ2n) is 5.90. The maximum absolute atomic E-state index is 10.4. The van der Waals surface area contributed by atoms with Gasteiger partial charge in [-0.1, -0.05) is 0 Å². The minimum absolute atomic E-state index is 0.112. The SMILES string of the molecule is CN1C2CCC1CC(C(O)C1CCOC1)C2. The fourth-order valence-electron chi connectivity index (χ4n) is 3.94. The molecule has 3 rings (SSSR count). The van der Waals surface area contributed by atoms with Crippen molar-refractivity contribution in [2.75, 3.05) is 20.3 Å². The first-order valence-electron chi connectivity index (χ1n) is 6.73. The summed E-state index contributed by atoms with van der Waals surface area (Å²) in [5.41, 5.74) is 0. The highest BCUT2D eigenvalue weighted by molar-refractivity contribution is 4.96. The molecule has 0 aromatic carbocycles. The van der Waals surface area contributed by atoms with E-state index in [-0.39, 0.29) is 6.10 Å². The van der Waals surface area contributed by atoms with E-state index in [9.17, 15) is 5.11 Å². The number of rotatable bonds is 2. The summed E-state index contributed by atoms with van der Waals surface area (Å²) in [4.78, 5) is 2.54. The van der Waals surface area contributed by atoms with Crippen molar-refractivity contribution < 1.29 is 9.84 Å². The van der Waals surface area contributed by atoms with Gasteiger partial charge in [0.15, 0.2) is 0 Å². The summed E-state index contributed by atoms with van der Waals surface area (Å²) in [6, 6.07) is 1.47. The van der Waals surface area contributed by atoms with Crippen LogP contribution in [-0.2, 0) is 4.74 Å². The lowest BCUT2D eigenvalue weighted by Crippen LogP contribution is -2.44. The van der Waals surface area contributed by atoms with Crippen molar-refractivity contribution >= 4 is 0 Å². The number of aliphatic hydroxyl groups is 1. The van der Waals surface area contributed by atoms with Gasteiger partial charge < -0.3 is 14.7 Å². The van der Waals surface area contributed by atoms with Gasteiger partial charge in [-0.25, -0.2) is 0 Å². The second-order valence-corrected chi connectivity index (χ2v) is 5.90. The first kappa shape index (κ1) is 11.0. The summed E-state index contributed by atoms with van der Waals surface area (Å²) in [6.45, 7) is 1.63. The van der Waals surface area contributed by atoms with Crippen molar-refractivity contribution in [1.29, 1.82) is 0 Å². The maximum atomic E-state index is 10.4. The standard InChI is InChI=1S/C13H23NO2/c1-14-11-2-3-12(14)7-10(6-11)13(15)9-4-5-16-8-9/h9-13,15H,2-8H2,1H3. The molecule has 0 spiro atoms. The monoisotopic (exact) mass is 225 g/mol. The topological polar surface area (TPSA) is 32.7 Å². The molecule has 3 fully saturated rings. The van der Waals surface area contributed by atoms with Crippen LogP contribution in [0.4, 0.5) is 0 Å². The van der Waals surface area contributed by atoms with Crippen LogP contribution in [0.15, 0.2) is 0 Å². The fourth-order valence-corrected chi connectivity index (χ4v) is 3.94. The number of ether oxygens (including phenoxy) is 1. The highest BCUT2D eigenvalue weighted by Gasteiger charge is 2.42. The van der Waals surface area contributed by atoms with Gasteiger partial charge in [-0.2, -0.15) is 0 Å². The first-order valence-corrected chi connectivity index (χ1v) is 6.73. The number of fused-ring (bicyclic) bond motifs is 2. The molecule has 92 valence electrons. The van der Waals surface area contributed by atoms with E-state index in [1.807, 2.05) is 0 Å². The van der Waals surface area contributed by atoms with Gasteiger partial charge in [-0.05, 0) is 45.1 Å². The number of hydrogen-bond acceptors (Lipinski definition) is 3. The van der Waals surface area contributed by atoms with Crippen LogP contribution in [-0.4, -0.2) is 48.5 Å². The Balaban J connectivity index is 1.63. The molecule has 0 aromatic rings. The molecule has 4 unspecified atom stereocenters. The minimum Gasteiger partial charge on any atom is -0.392 e. The van der Waals surface area contributed by atoms with E-state index >= 15 is 0 Å². The van der Waals surface area contributed by atoms with Gasteiger partial charge in [0.25, 0.3) is 0 Å². The normalized spacial score (nSPS) is 46.1. The lowest BCUT2D eigenvalue weighted by molar-refractivity contribution is -0.00131. The van der Waals surface area contributed by atoms with Crippen molar-refractivity contribution in [3.05, 3.63) is 0 Å². The second kappa shape index (κ2) is 4.28. The van der Waals surface area contributed by atoms with E-state index in [1.165, 1.54) is 25.7 Å². The number of hydrogen-bond donors (Lipinski definition) is 1. The van der Waals surface area contributed by atoms with E-state index in [4.69, 9.17) is 4.74 Å². The van der Waals surface area contributed by atoms with Crippen molar-refractivity contribution in [2.45, 2.75) is 50.3 Å². The number of piperidine rings is 1. The van der Waals surface area contributed by atoms with Crippen molar-refractivity contribution in [3.63, 3.8) is 0 Å². The molecule has 3 heteroatoms. The Morgan fingerprint density at radius 3 is 2.38 bits per heavy atom. The lowest BCUT2D eigenvalue weighted by Gasteiger charge is -2.39. The van der Waals surface area contributed by atoms with E-state index in [2.05, 4.69) is 11.9 Å². The predicted molar refractivity (Wildman–Crippen MR) is 62.2 cm³/mol. The molecule has 1 N–H and O–H groups in total. The van der Waals surface area contributed by atoms with Crippen molar-refractivity contribution in [1.82, 2.24) is 4.90 Å². The van der Waals surface area contributed by atoms with E-state index in [0.717, 1.165) is 31.7 Å². The molecule has 0 saturated carbocycles. The van der Waals surface area contributed by atoms with E-state index in [1.54, 1.807) is 0 Å². The third-order valence-electron chi connectivity index (χ3n) is 5.07. The largest absolute Gasteiger partial charge is 0.392 e. The van der Waals surface area contributed by atoms with Crippen LogP contribution in [0.3, 0.4) is 0 Å². The lowest BCUT2D eigenvalue weighted by atomic mass is 9.81. The Morgan fingerprint density at radius 2 is 1.81 bits per heavy atom. The van der Waals surface area contributed by atoms with Gasteiger partial charge in [0.1, 0.15) is 0 Å². The molecule has 0 aromatic heterocycles. The molecule has 3 saturated heterocycles. The zero-order valence-corrected chi connectivity index (χ0v) is 10.1. The quantitative estimate of drug-likeness (QED) is 0.768. The van der Waals surface area contributed by atoms with Crippen LogP contribution in [0, 0.1) is 11.8 Å². The number of nitrogens with zero attached hydrogens (tertiary/aromatic N) is 1. The highest BCUT2D eigenvalue weighted by atomic mass is 16.5. The number of aliphatic hydroxyl groups excluding tert-OH is 1. The molecular formula is C13H23NO2. The van der Waals surface area contributed by atoms with Gasteiger partial charge in [-0.15, -0.1) is 0 Å². The molecule has 3 aliphatic rings. The Bertz CT molecular complexity index is 238. The molecule has 3 heterocycles. The van der Waals surface area contributed by atoms with Crippen molar-refractivity contribution in [2.24, 2.45) is 11.8 Å². The molecular weight excluding hydrogens is 202 g/mol. The molecule has 16 heavy (non-hydrogen) atoms. The zero-order chi connectivity index (χ0) is 11.1. The van der Waals surface area contributed by atoms with Crippen LogP contribution >= 0.6 is 0 Å². The first-order chi connectivity index (χ1) is 7.75. The van der Waals surface area contributed by atoms with E-state index in [0.29, 0.717) is 11.8 Å². The van der Waals surface area contributed by atoms with Crippen LogP contribution in [0.5, 0.6) is 0 Å². The van der Waals surface area contributed by atoms with Crippen molar-refractivity contribution in [3.8, 4) is 0 Å². The van der Waals surface area contributed by atoms with Crippen LogP contribution < -0.4 is 0 Å². The van der Waals surface area contributed by atoms with Gasteiger partial charge >= 0.3 is 0 Å². The molecule has 0 aliphatic carbocycles. The maximum Gasteiger partial charge on any atom is 0.0620 e. The Labute approximate surface area is 97.8 Å². The molecule has 0 amide bonds. The minimum atomic E-state index is -0.112. The van der Waals surface area contributed by atoms with Gasteiger partial charge in [0.2, 0.25) is 0 Å². The fraction of sp³-hybridized carbons (Fsp3) is 1.00. The molecule has 3 nitrogen and oxygen atoms in total. The van der Waals surface area contributed by atoms with Gasteiger partial charge in [0, 0.05) is 24.6 Å². The Hall–Kier alpha value is -0.120. The third kappa shape index (κ3) is 1.79. The van der Waals surface area contributed by atoms with Gasteiger partial charge in [0.05, 0.1) is 12.7 Å². The molecule has 4 atom stereocenters. The van der Waals surface area contributed by atoms with E-state index < -0.39 is 0 Å². The Kier molecular flexibility index (Phi) is 2.94. The summed E-state index contributed by atoms with van der Waals surface area (Å²) >= 11 is 0. The molecule has 0 radical (unpaired) electrons. The average Bonchev–Trinajstić information content (AvgIpc) is 2.85. The third-order valence-corrected chi connectivity index (χ3v) is 5.07. The smallest absolute Gasteiger partial charge is 0.0620 e. The summed E-state index contributed by atoms with van der Waals surface area (Å²) < 4.78 is 5.39. The van der Waals surface area contributed by atoms with Crippen LogP contribution in [0.25, 0.3) is 0 Å². The average molecular weight is 225 g/mol. The molecule has 2 bridgehead atoms. The highest BCUT2D eigenvalue weighted by Crippen LogP contribution is 2.40. The summed E-state index contributed by atoms with van der Waals surface area (Å²) in [7, 11) is 2.25. The molecule has 3 aliphatic heterocycles. The predicted octanol–water partition coefficient (Wildman–Crippen LogP) is 1.26. The zero-order valence-electron chi connectivity index (χ0n) is 10.1. The van der Waals surface area contributed by atoms with Crippen LogP contribution in [0.2, 0.25) is 0 Å².